The highest BCUT2D eigenvalue weighted by Gasteiger charge is 2.24. The van der Waals surface area contributed by atoms with E-state index in [2.05, 4.69) is 20.4 Å². The molecule has 0 bridgehead atoms. The molecule has 1 aliphatic heterocycles. The lowest BCUT2D eigenvalue weighted by Gasteiger charge is -2.17. The summed E-state index contributed by atoms with van der Waals surface area (Å²) < 4.78 is 11.5. The number of aryl methyl sites for hydroxylation is 1. The minimum absolute atomic E-state index is 0.315. The maximum Gasteiger partial charge on any atom is 0.316 e. The van der Waals surface area contributed by atoms with Gasteiger partial charge in [0.25, 0.3) is 0 Å². The van der Waals surface area contributed by atoms with Crippen molar-refractivity contribution in [2.45, 2.75) is 40.5 Å². The third-order valence-corrected chi connectivity index (χ3v) is 7.14. The Labute approximate surface area is 239 Å². The monoisotopic (exact) mass is 559 g/mol. The lowest BCUT2D eigenvalue weighted by molar-refractivity contribution is -0.142. The van der Waals surface area contributed by atoms with Crippen molar-refractivity contribution in [3.63, 3.8) is 0 Å². The van der Waals surface area contributed by atoms with E-state index in [1.807, 2.05) is 64.1 Å². The van der Waals surface area contributed by atoms with Crippen LogP contribution in [0.4, 0.5) is 11.6 Å². The normalized spacial score (nSPS) is 13.9. The molecule has 0 unspecified atom stereocenters. The molecule has 9 heteroatoms. The van der Waals surface area contributed by atoms with Crippen LogP contribution in [0.25, 0.3) is 22.2 Å². The SMILES string of the molecule is Cc1cc(-c2cc(OC(=O)C(C)(C)C)ccc2Cl)cc2nnc(Nc3ccc(OCCN4CCCC4)cc3)nc12. The first-order chi connectivity index (χ1) is 19.2. The van der Waals surface area contributed by atoms with Gasteiger partial charge in [0.1, 0.15) is 23.6 Å². The Kier molecular flexibility index (Phi) is 8.19. The number of benzene rings is 3. The molecule has 40 heavy (non-hydrogen) atoms. The smallest absolute Gasteiger partial charge is 0.316 e. The number of aromatic nitrogens is 3. The van der Waals surface area contributed by atoms with Gasteiger partial charge in [-0.15, -0.1) is 10.2 Å². The number of rotatable bonds is 8. The molecule has 0 radical (unpaired) electrons. The molecule has 1 saturated heterocycles. The Balaban J connectivity index is 1.29. The van der Waals surface area contributed by atoms with Gasteiger partial charge in [0.15, 0.2) is 0 Å². The van der Waals surface area contributed by atoms with Gasteiger partial charge in [0.05, 0.1) is 10.9 Å². The van der Waals surface area contributed by atoms with Crippen LogP contribution in [0, 0.1) is 12.3 Å². The van der Waals surface area contributed by atoms with Crippen LogP contribution >= 0.6 is 11.6 Å². The van der Waals surface area contributed by atoms with Crippen LogP contribution in [0.3, 0.4) is 0 Å². The van der Waals surface area contributed by atoms with E-state index in [1.54, 1.807) is 18.2 Å². The molecule has 4 aromatic rings. The number of hydrogen-bond donors (Lipinski definition) is 1. The van der Waals surface area contributed by atoms with Crippen molar-refractivity contribution < 1.29 is 14.3 Å². The zero-order valence-corrected chi connectivity index (χ0v) is 24.1. The standard InChI is InChI=1S/C31H34ClN5O3/c1-20-17-21(25-19-24(11-12-26(25)32)40-29(38)31(2,3)4)18-27-28(20)34-30(36-35-27)33-22-7-9-23(10-8-22)39-16-15-37-13-5-6-14-37/h7-12,17-19H,5-6,13-16H2,1-4H3,(H,33,34,36). The molecule has 0 aliphatic carbocycles. The number of nitrogens with one attached hydrogen (secondary N) is 1. The van der Waals surface area contributed by atoms with E-state index < -0.39 is 5.41 Å². The van der Waals surface area contributed by atoms with Crippen LogP contribution in [0.2, 0.25) is 5.02 Å². The average molecular weight is 560 g/mol. The van der Waals surface area contributed by atoms with E-state index in [0.29, 0.717) is 28.8 Å². The molecule has 0 atom stereocenters. The van der Waals surface area contributed by atoms with E-state index in [4.69, 9.17) is 26.1 Å². The van der Waals surface area contributed by atoms with Crippen molar-refractivity contribution in [3.8, 4) is 22.6 Å². The van der Waals surface area contributed by atoms with Gasteiger partial charge in [0.2, 0.25) is 5.95 Å². The van der Waals surface area contributed by atoms with Crippen LogP contribution in [-0.4, -0.2) is 52.3 Å². The Bertz CT molecular complexity index is 1510. The minimum Gasteiger partial charge on any atom is -0.492 e. The number of nitrogens with zero attached hydrogens (tertiary/aromatic N) is 4. The summed E-state index contributed by atoms with van der Waals surface area (Å²) >= 11 is 6.53. The quantitative estimate of drug-likeness (QED) is 0.186. The van der Waals surface area contributed by atoms with E-state index in [1.165, 1.54) is 25.9 Å². The van der Waals surface area contributed by atoms with Gasteiger partial charge in [-0.05, 0) is 119 Å². The van der Waals surface area contributed by atoms with Gasteiger partial charge in [-0.3, -0.25) is 9.69 Å². The summed E-state index contributed by atoms with van der Waals surface area (Å²) in [6, 6.07) is 16.8. The van der Waals surface area contributed by atoms with Crippen molar-refractivity contribution in [3.05, 3.63) is 65.2 Å². The molecular formula is C31H34ClN5O3. The van der Waals surface area contributed by atoms with Crippen LogP contribution in [0.5, 0.6) is 11.5 Å². The number of ether oxygens (including phenoxy) is 2. The molecule has 0 amide bonds. The zero-order chi connectivity index (χ0) is 28.3. The highest BCUT2D eigenvalue weighted by molar-refractivity contribution is 6.33. The molecule has 1 aliphatic rings. The molecule has 8 nitrogen and oxygen atoms in total. The predicted octanol–water partition coefficient (Wildman–Crippen LogP) is 6.82. The summed E-state index contributed by atoms with van der Waals surface area (Å²) in [6.07, 6.45) is 2.57. The fourth-order valence-corrected chi connectivity index (χ4v) is 4.76. The molecule has 208 valence electrons. The Hall–Kier alpha value is -3.75. The summed E-state index contributed by atoms with van der Waals surface area (Å²) in [7, 11) is 0. The van der Waals surface area contributed by atoms with Crippen molar-refractivity contribution in [1.82, 2.24) is 20.1 Å². The van der Waals surface area contributed by atoms with E-state index >= 15 is 0 Å². The molecule has 0 spiro atoms. The Morgan fingerprint density at radius 3 is 2.45 bits per heavy atom. The molecule has 5 rings (SSSR count). The molecular weight excluding hydrogens is 526 g/mol. The summed E-state index contributed by atoms with van der Waals surface area (Å²) in [5, 5.41) is 12.5. The summed E-state index contributed by atoms with van der Waals surface area (Å²) in [5.74, 6) is 1.36. The molecule has 3 aromatic carbocycles. The Morgan fingerprint density at radius 2 is 1.73 bits per heavy atom. The van der Waals surface area contributed by atoms with E-state index in [-0.39, 0.29) is 5.97 Å². The third-order valence-electron chi connectivity index (χ3n) is 6.81. The first kappa shape index (κ1) is 27.8. The number of fused-ring (bicyclic) bond motifs is 1. The van der Waals surface area contributed by atoms with E-state index in [9.17, 15) is 4.79 Å². The fourth-order valence-electron chi connectivity index (χ4n) is 4.53. The van der Waals surface area contributed by atoms with Crippen molar-refractivity contribution in [1.29, 1.82) is 0 Å². The number of halogens is 1. The van der Waals surface area contributed by atoms with Gasteiger partial charge >= 0.3 is 5.97 Å². The van der Waals surface area contributed by atoms with Gasteiger partial charge in [0, 0.05) is 22.8 Å². The van der Waals surface area contributed by atoms with Gasteiger partial charge in [-0.2, -0.15) is 0 Å². The maximum absolute atomic E-state index is 12.4. The largest absolute Gasteiger partial charge is 0.492 e. The molecule has 0 saturated carbocycles. The number of carbonyl (C=O) groups excluding carboxylic acids is 1. The highest BCUT2D eigenvalue weighted by atomic mass is 35.5. The predicted molar refractivity (Wildman–Crippen MR) is 158 cm³/mol. The number of carbonyl (C=O) groups is 1. The topological polar surface area (TPSA) is 89.5 Å². The first-order valence-corrected chi connectivity index (χ1v) is 13.9. The van der Waals surface area contributed by atoms with Crippen LogP contribution in [-0.2, 0) is 4.79 Å². The summed E-state index contributed by atoms with van der Waals surface area (Å²) in [4.78, 5) is 19.5. The second kappa shape index (κ2) is 11.8. The lowest BCUT2D eigenvalue weighted by atomic mass is 9.97. The average Bonchev–Trinajstić information content (AvgIpc) is 3.44. The van der Waals surface area contributed by atoms with Gasteiger partial charge in [-0.1, -0.05) is 11.6 Å². The second-order valence-corrected chi connectivity index (χ2v) is 11.5. The van der Waals surface area contributed by atoms with Crippen LogP contribution < -0.4 is 14.8 Å². The number of anilines is 2. The Morgan fingerprint density at radius 1 is 1.00 bits per heavy atom. The minimum atomic E-state index is -0.616. The molecule has 2 heterocycles. The lowest BCUT2D eigenvalue weighted by Crippen LogP contribution is -2.25. The third kappa shape index (κ3) is 6.69. The molecule has 1 N–H and O–H groups in total. The van der Waals surface area contributed by atoms with Crippen molar-refractivity contribution in [2.24, 2.45) is 5.41 Å². The summed E-state index contributed by atoms with van der Waals surface area (Å²) in [6.45, 7) is 11.4. The van der Waals surface area contributed by atoms with E-state index in [0.717, 1.165) is 40.2 Å². The maximum atomic E-state index is 12.4. The highest BCUT2D eigenvalue weighted by Crippen LogP contribution is 2.34. The number of esters is 1. The summed E-state index contributed by atoms with van der Waals surface area (Å²) in [5.41, 5.74) is 4.08. The number of likely N-dealkylation sites (tertiary alicyclic amines) is 1. The zero-order valence-electron chi connectivity index (χ0n) is 23.3. The van der Waals surface area contributed by atoms with Gasteiger partial charge in [-0.25, -0.2) is 4.98 Å². The van der Waals surface area contributed by atoms with Crippen molar-refractivity contribution in [2.75, 3.05) is 31.6 Å². The molecule has 1 aromatic heterocycles. The first-order valence-electron chi connectivity index (χ1n) is 13.6. The number of hydrogen-bond acceptors (Lipinski definition) is 8. The van der Waals surface area contributed by atoms with Crippen LogP contribution in [0.1, 0.15) is 39.2 Å². The fraction of sp³-hybridized carbons (Fsp3) is 0.355. The molecule has 1 fully saturated rings. The van der Waals surface area contributed by atoms with Gasteiger partial charge < -0.3 is 14.8 Å². The van der Waals surface area contributed by atoms with Crippen LogP contribution in [0.15, 0.2) is 54.6 Å². The second-order valence-electron chi connectivity index (χ2n) is 11.1. The van der Waals surface area contributed by atoms with Crippen molar-refractivity contribution >= 4 is 40.2 Å².